The van der Waals surface area contributed by atoms with Gasteiger partial charge in [-0.15, -0.1) is 0 Å². The summed E-state index contributed by atoms with van der Waals surface area (Å²) in [6.45, 7) is 4.05. The Morgan fingerprint density at radius 3 is 2.70 bits per heavy atom. The molecule has 9 heteroatoms. The van der Waals surface area contributed by atoms with Gasteiger partial charge in [0.05, 0.1) is 17.9 Å². The maximum Gasteiger partial charge on any atom is 0.332 e. The molecule has 0 aliphatic carbocycles. The lowest BCUT2D eigenvalue weighted by atomic mass is 10.1. The standard InChI is InChI=1S/C21H19N5O4/c1-3-30-14-9-5-8-13(17(14)27)19-23-15(18(22)28)16-20(25-19)26(21(29)24-16)12-7-4-6-11(2)10-12/h4-10,27H,3H2,1-2H3,(H2,22,28)(H,24,29). The van der Waals surface area contributed by atoms with Gasteiger partial charge in [0, 0.05) is 0 Å². The molecule has 2 aromatic heterocycles. The molecule has 0 radical (unpaired) electrons. The number of fused-ring (bicyclic) bond motifs is 1. The third-order valence-corrected chi connectivity index (χ3v) is 4.57. The monoisotopic (exact) mass is 405 g/mol. The SMILES string of the molecule is CCOc1cccc(-c2nc(C(N)=O)c3[nH]c(=O)n(-c4cccc(C)c4)c3n2)c1O. The number of primary amides is 1. The Morgan fingerprint density at radius 2 is 2.00 bits per heavy atom. The van der Waals surface area contributed by atoms with Crippen LogP contribution in [0.5, 0.6) is 11.5 Å². The highest BCUT2D eigenvalue weighted by Crippen LogP contribution is 2.36. The molecule has 30 heavy (non-hydrogen) atoms. The van der Waals surface area contributed by atoms with Gasteiger partial charge < -0.3 is 20.6 Å². The van der Waals surface area contributed by atoms with Crippen molar-refractivity contribution in [1.29, 1.82) is 0 Å². The molecule has 2 heterocycles. The Bertz CT molecular complexity index is 1340. The second-order valence-electron chi connectivity index (χ2n) is 6.65. The number of carbonyl (C=O) groups excluding carboxylic acids is 1. The van der Waals surface area contributed by atoms with Crippen molar-refractivity contribution in [2.75, 3.05) is 6.61 Å². The van der Waals surface area contributed by atoms with E-state index in [1.54, 1.807) is 31.2 Å². The number of aromatic nitrogens is 4. The molecule has 1 amide bonds. The highest BCUT2D eigenvalue weighted by Gasteiger charge is 2.22. The number of ether oxygens (including phenoxy) is 1. The second-order valence-corrected chi connectivity index (χ2v) is 6.65. The van der Waals surface area contributed by atoms with Gasteiger partial charge in [-0.2, -0.15) is 0 Å². The van der Waals surface area contributed by atoms with Gasteiger partial charge >= 0.3 is 5.69 Å². The van der Waals surface area contributed by atoms with Crippen LogP contribution in [0.4, 0.5) is 0 Å². The van der Waals surface area contributed by atoms with Gasteiger partial charge in [0.25, 0.3) is 5.91 Å². The zero-order valence-corrected chi connectivity index (χ0v) is 16.3. The number of hydrogen-bond donors (Lipinski definition) is 3. The molecule has 2 aromatic carbocycles. The summed E-state index contributed by atoms with van der Waals surface area (Å²) >= 11 is 0. The molecule has 4 aromatic rings. The number of nitrogens with two attached hydrogens (primary N) is 1. The summed E-state index contributed by atoms with van der Waals surface area (Å²) in [5.74, 6) is -0.712. The smallest absolute Gasteiger partial charge is 0.332 e. The Morgan fingerprint density at radius 1 is 1.23 bits per heavy atom. The third kappa shape index (κ3) is 3.16. The van der Waals surface area contributed by atoms with Crippen LogP contribution in [0.1, 0.15) is 23.0 Å². The fourth-order valence-corrected chi connectivity index (χ4v) is 3.26. The van der Waals surface area contributed by atoms with Crippen molar-refractivity contribution in [2.45, 2.75) is 13.8 Å². The Labute approximate surface area is 170 Å². The lowest BCUT2D eigenvalue weighted by Gasteiger charge is -2.11. The van der Waals surface area contributed by atoms with E-state index in [0.29, 0.717) is 12.3 Å². The molecule has 0 saturated carbocycles. The molecule has 0 spiro atoms. The first kappa shape index (κ1) is 19.2. The number of aromatic amines is 1. The van der Waals surface area contributed by atoms with Crippen LogP contribution in [0.2, 0.25) is 0 Å². The molecule has 0 aliphatic heterocycles. The Kier molecular flexibility index (Phi) is 4.71. The van der Waals surface area contributed by atoms with E-state index in [0.717, 1.165) is 5.56 Å². The van der Waals surface area contributed by atoms with Crippen LogP contribution in [0.25, 0.3) is 28.2 Å². The predicted octanol–water partition coefficient (Wildman–Crippen LogP) is 2.29. The number of H-pyrrole nitrogens is 1. The van der Waals surface area contributed by atoms with Crippen LogP contribution < -0.4 is 16.2 Å². The minimum atomic E-state index is -0.832. The maximum absolute atomic E-state index is 12.7. The van der Waals surface area contributed by atoms with E-state index in [9.17, 15) is 14.7 Å². The molecule has 0 unspecified atom stereocenters. The van der Waals surface area contributed by atoms with E-state index in [-0.39, 0.29) is 39.7 Å². The molecule has 0 atom stereocenters. The topological polar surface area (TPSA) is 136 Å². The molecule has 9 nitrogen and oxygen atoms in total. The van der Waals surface area contributed by atoms with Crippen molar-refractivity contribution in [3.8, 4) is 28.6 Å². The van der Waals surface area contributed by atoms with Crippen LogP contribution in [-0.4, -0.2) is 37.1 Å². The molecule has 0 saturated heterocycles. The highest BCUT2D eigenvalue weighted by atomic mass is 16.5. The number of amides is 1. The number of rotatable bonds is 5. The average Bonchev–Trinajstić information content (AvgIpc) is 3.04. The minimum absolute atomic E-state index is 0.0377. The van der Waals surface area contributed by atoms with Crippen LogP contribution in [0.15, 0.2) is 47.3 Å². The van der Waals surface area contributed by atoms with Crippen LogP contribution in [0, 0.1) is 6.92 Å². The van der Waals surface area contributed by atoms with Crippen molar-refractivity contribution in [2.24, 2.45) is 5.73 Å². The Hall–Kier alpha value is -4.14. The number of imidazole rings is 1. The minimum Gasteiger partial charge on any atom is -0.504 e. The lowest BCUT2D eigenvalue weighted by molar-refractivity contribution is 0.0997. The molecule has 0 bridgehead atoms. The first-order valence-electron chi connectivity index (χ1n) is 9.25. The Balaban J connectivity index is 2.04. The summed E-state index contributed by atoms with van der Waals surface area (Å²) in [4.78, 5) is 36.1. The maximum atomic E-state index is 12.7. The van der Waals surface area contributed by atoms with Crippen molar-refractivity contribution in [3.05, 3.63) is 64.2 Å². The van der Waals surface area contributed by atoms with Gasteiger partial charge in [-0.05, 0) is 43.7 Å². The van der Waals surface area contributed by atoms with Gasteiger partial charge in [0.2, 0.25) is 0 Å². The second kappa shape index (κ2) is 7.36. The summed E-state index contributed by atoms with van der Waals surface area (Å²) in [7, 11) is 0. The van der Waals surface area contributed by atoms with Crippen LogP contribution in [-0.2, 0) is 0 Å². The number of nitrogens with one attached hydrogen (secondary N) is 1. The third-order valence-electron chi connectivity index (χ3n) is 4.57. The number of carbonyl (C=O) groups is 1. The summed E-state index contributed by atoms with van der Waals surface area (Å²) in [6.07, 6.45) is 0. The molecule has 0 fully saturated rings. The fraction of sp³-hybridized carbons (Fsp3) is 0.143. The summed E-state index contributed by atoms with van der Waals surface area (Å²) in [6, 6.07) is 12.1. The van der Waals surface area contributed by atoms with Gasteiger partial charge in [0.15, 0.2) is 28.7 Å². The molecule has 0 aliphatic rings. The number of hydrogen-bond acceptors (Lipinski definition) is 6. The summed E-state index contributed by atoms with van der Waals surface area (Å²) < 4.78 is 6.75. The van der Waals surface area contributed by atoms with Crippen molar-refractivity contribution < 1.29 is 14.6 Å². The zero-order chi connectivity index (χ0) is 21.4. The average molecular weight is 405 g/mol. The van der Waals surface area contributed by atoms with E-state index in [1.807, 2.05) is 25.1 Å². The van der Waals surface area contributed by atoms with Gasteiger partial charge in [-0.3, -0.25) is 4.79 Å². The summed E-state index contributed by atoms with van der Waals surface area (Å²) in [5, 5.41) is 10.6. The van der Waals surface area contributed by atoms with E-state index in [2.05, 4.69) is 15.0 Å². The molecule has 4 N–H and O–H groups in total. The number of para-hydroxylation sites is 1. The van der Waals surface area contributed by atoms with Crippen LogP contribution >= 0.6 is 0 Å². The number of phenolic OH excluding ortho intramolecular Hbond substituents is 1. The van der Waals surface area contributed by atoms with E-state index in [1.165, 1.54) is 4.57 Å². The van der Waals surface area contributed by atoms with Gasteiger partial charge in [0.1, 0.15) is 5.52 Å². The van der Waals surface area contributed by atoms with Crippen LogP contribution in [0.3, 0.4) is 0 Å². The predicted molar refractivity (Wildman–Crippen MR) is 111 cm³/mol. The van der Waals surface area contributed by atoms with E-state index >= 15 is 0 Å². The number of nitrogens with zero attached hydrogens (tertiary/aromatic N) is 3. The number of aryl methyl sites for hydroxylation is 1. The van der Waals surface area contributed by atoms with Crippen molar-refractivity contribution >= 4 is 17.1 Å². The normalized spacial score (nSPS) is 11.0. The number of aromatic hydroxyl groups is 1. The summed E-state index contributed by atoms with van der Waals surface area (Å²) in [5.41, 5.74) is 6.93. The van der Waals surface area contributed by atoms with Crippen molar-refractivity contribution in [3.63, 3.8) is 0 Å². The van der Waals surface area contributed by atoms with Crippen molar-refractivity contribution in [1.82, 2.24) is 19.5 Å². The van der Waals surface area contributed by atoms with E-state index < -0.39 is 11.6 Å². The molecule has 152 valence electrons. The number of benzene rings is 2. The quantitative estimate of drug-likeness (QED) is 0.466. The van der Waals surface area contributed by atoms with Gasteiger partial charge in [-0.25, -0.2) is 19.3 Å². The molecular formula is C21H19N5O4. The zero-order valence-electron chi connectivity index (χ0n) is 16.3. The largest absolute Gasteiger partial charge is 0.504 e. The first-order chi connectivity index (χ1) is 14.4. The lowest BCUT2D eigenvalue weighted by Crippen LogP contribution is -2.15. The molecular weight excluding hydrogens is 386 g/mol. The first-order valence-corrected chi connectivity index (χ1v) is 9.25. The highest BCUT2D eigenvalue weighted by molar-refractivity contribution is 6.02. The number of phenols is 1. The van der Waals surface area contributed by atoms with Gasteiger partial charge in [-0.1, -0.05) is 18.2 Å². The van der Waals surface area contributed by atoms with E-state index in [4.69, 9.17) is 10.5 Å². The fourth-order valence-electron chi connectivity index (χ4n) is 3.26. The molecule has 4 rings (SSSR count).